The van der Waals surface area contributed by atoms with E-state index in [1.165, 1.54) is 12.1 Å². The molecule has 2 aromatic rings. The van der Waals surface area contributed by atoms with Crippen molar-refractivity contribution in [2.24, 2.45) is 5.92 Å². The van der Waals surface area contributed by atoms with Gasteiger partial charge in [-0.3, -0.25) is 4.79 Å². The van der Waals surface area contributed by atoms with Gasteiger partial charge < -0.3 is 15.0 Å². The van der Waals surface area contributed by atoms with E-state index in [9.17, 15) is 9.18 Å². The quantitative estimate of drug-likeness (QED) is 0.879. The fourth-order valence-electron chi connectivity index (χ4n) is 4.50. The van der Waals surface area contributed by atoms with Gasteiger partial charge in [0.25, 0.3) is 0 Å². The molecule has 6 nitrogen and oxygen atoms in total. The zero-order valence-corrected chi connectivity index (χ0v) is 15.8. The Morgan fingerprint density at radius 2 is 2.11 bits per heavy atom. The van der Waals surface area contributed by atoms with Crippen molar-refractivity contribution in [3.63, 3.8) is 0 Å². The number of anilines is 2. The number of aromatic nitrogens is 2. The van der Waals surface area contributed by atoms with E-state index in [1.54, 1.807) is 18.3 Å². The minimum Gasteiger partial charge on any atom is -0.490 e. The average molecular weight is 382 g/mol. The fraction of sp³-hybridized carbons (Fsp3) is 0.476. The molecule has 5 rings (SSSR count). The van der Waals surface area contributed by atoms with Crippen LogP contribution in [0.15, 0.2) is 30.5 Å². The molecule has 146 valence electrons. The Balaban J connectivity index is 1.23. The van der Waals surface area contributed by atoms with Crippen molar-refractivity contribution in [3.8, 4) is 5.75 Å². The maximum Gasteiger partial charge on any atom is 0.250 e. The summed E-state index contributed by atoms with van der Waals surface area (Å²) >= 11 is 0. The maximum absolute atomic E-state index is 13.0. The third-order valence-electron chi connectivity index (χ3n) is 6.23. The van der Waals surface area contributed by atoms with Gasteiger partial charge in [-0.25, -0.2) is 14.4 Å². The molecule has 1 aliphatic carbocycles. The second-order valence-electron chi connectivity index (χ2n) is 8.24. The highest BCUT2D eigenvalue weighted by atomic mass is 19.1. The van der Waals surface area contributed by atoms with E-state index >= 15 is 0 Å². The molecule has 1 atom stereocenters. The predicted octanol–water partition coefficient (Wildman–Crippen LogP) is 3.33. The molecule has 3 heterocycles. The molecule has 28 heavy (non-hydrogen) atoms. The number of rotatable bonds is 4. The largest absolute Gasteiger partial charge is 0.490 e. The summed E-state index contributed by atoms with van der Waals surface area (Å²) in [6.45, 7) is 2.84. The van der Waals surface area contributed by atoms with Crippen LogP contribution in [-0.2, 0) is 11.2 Å². The highest BCUT2D eigenvalue weighted by Crippen LogP contribution is 2.41. The van der Waals surface area contributed by atoms with Gasteiger partial charge in [0.1, 0.15) is 28.6 Å². The number of benzene rings is 1. The van der Waals surface area contributed by atoms with Crippen LogP contribution in [0.2, 0.25) is 0 Å². The van der Waals surface area contributed by atoms with Crippen molar-refractivity contribution in [2.75, 3.05) is 16.8 Å². The number of nitrogens with one attached hydrogen (secondary N) is 1. The first-order valence-electron chi connectivity index (χ1n) is 9.88. The van der Waals surface area contributed by atoms with E-state index in [2.05, 4.69) is 15.2 Å². The lowest BCUT2D eigenvalue weighted by molar-refractivity contribution is -0.120. The Morgan fingerprint density at radius 3 is 2.89 bits per heavy atom. The highest BCUT2D eigenvalue weighted by Gasteiger charge is 2.48. The van der Waals surface area contributed by atoms with Crippen molar-refractivity contribution in [1.29, 1.82) is 0 Å². The van der Waals surface area contributed by atoms with Crippen LogP contribution in [-0.4, -0.2) is 34.1 Å². The number of fused-ring (bicyclic) bond motifs is 3. The van der Waals surface area contributed by atoms with E-state index < -0.39 is 5.54 Å². The molecule has 0 bridgehead atoms. The number of hydrogen-bond donors (Lipinski definition) is 1. The van der Waals surface area contributed by atoms with Gasteiger partial charge in [-0.1, -0.05) is 0 Å². The topological polar surface area (TPSA) is 67.3 Å². The van der Waals surface area contributed by atoms with Crippen LogP contribution in [0.4, 0.5) is 15.9 Å². The number of nitrogens with zero attached hydrogens (tertiary/aromatic N) is 3. The van der Waals surface area contributed by atoms with Crippen LogP contribution in [0.1, 0.15) is 38.4 Å². The van der Waals surface area contributed by atoms with Crippen molar-refractivity contribution < 1.29 is 13.9 Å². The summed E-state index contributed by atoms with van der Waals surface area (Å²) in [7, 11) is 0. The third kappa shape index (κ3) is 2.89. The number of carbonyl (C=O) groups is 1. The molecule has 1 saturated carbocycles. The zero-order chi connectivity index (χ0) is 19.3. The minimum atomic E-state index is -0.497. The number of carbonyl (C=O) groups excluding carboxylic acids is 1. The van der Waals surface area contributed by atoms with Crippen LogP contribution < -0.4 is 15.0 Å². The third-order valence-corrected chi connectivity index (χ3v) is 6.23. The molecule has 1 amide bonds. The molecule has 2 aliphatic heterocycles. The van der Waals surface area contributed by atoms with Gasteiger partial charge in [0.05, 0.1) is 12.3 Å². The van der Waals surface area contributed by atoms with E-state index in [4.69, 9.17) is 9.72 Å². The number of amides is 1. The van der Waals surface area contributed by atoms with Crippen LogP contribution >= 0.6 is 0 Å². The minimum absolute atomic E-state index is 0.0358. The van der Waals surface area contributed by atoms with E-state index in [0.717, 1.165) is 50.3 Å². The van der Waals surface area contributed by atoms with Crippen molar-refractivity contribution >= 4 is 17.4 Å². The van der Waals surface area contributed by atoms with Gasteiger partial charge in [0.2, 0.25) is 5.91 Å². The Morgan fingerprint density at radius 1 is 1.32 bits per heavy atom. The second-order valence-corrected chi connectivity index (χ2v) is 8.24. The predicted molar refractivity (Wildman–Crippen MR) is 103 cm³/mol. The Hall–Kier alpha value is -2.70. The standard InChI is InChI=1S/C21H23FN4O2/c1-21-7-2-8-26(21)19-17(24-20(21)27)12-23-18(25-19)11-13-9-16(10-13)28-15-5-3-14(22)4-6-15/h3-6,12-13,16H,2,7-11H2,1H3,(H,24,27)/t13?,16?,21-/m1/s1. The van der Waals surface area contributed by atoms with Gasteiger partial charge >= 0.3 is 0 Å². The number of ether oxygens (including phenoxy) is 1. The molecule has 0 unspecified atom stereocenters. The molecular weight excluding hydrogens is 359 g/mol. The van der Waals surface area contributed by atoms with Crippen LogP contribution in [0.25, 0.3) is 0 Å². The Labute approximate surface area is 163 Å². The van der Waals surface area contributed by atoms with Crippen molar-refractivity contribution in [1.82, 2.24) is 9.97 Å². The molecule has 1 N–H and O–H groups in total. The Bertz CT molecular complexity index is 913. The fourth-order valence-corrected chi connectivity index (χ4v) is 4.50. The summed E-state index contributed by atoms with van der Waals surface area (Å²) in [5.41, 5.74) is 0.211. The van der Waals surface area contributed by atoms with E-state index in [-0.39, 0.29) is 17.8 Å². The number of halogens is 1. The smallest absolute Gasteiger partial charge is 0.250 e. The van der Waals surface area contributed by atoms with Crippen LogP contribution in [0, 0.1) is 11.7 Å². The lowest BCUT2D eigenvalue weighted by Crippen LogP contribution is -2.54. The summed E-state index contributed by atoms with van der Waals surface area (Å²) in [5, 5.41) is 2.97. The van der Waals surface area contributed by atoms with Gasteiger partial charge in [0, 0.05) is 13.0 Å². The van der Waals surface area contributed by atoms with Gasteiger partial charge in [-0.15, -0.1) is 0 Å². The molecule has 1 aromatic carbocycles. The summed E-state index contributed by atoms with van der Waals surface area (Å²) in [6.07, 6.45) is 6.42. The average Bonchev–Trinajstić information content (AvgIpc) is 3.06. The second kappa shape index (κ2) is 6.43. The van der Waals surface area contributed by atoms with Crippen molar-refractivity contribution in [2.45, 2.75) is 50.7 Å². The first-order valence-corrected chi connectivity index (χ1v) is 9.88. The first kappa shape index (κ1) is 17.4. The highest BCUT2D eigenvalue weighted by molar-refractivity contribution is 6.05. The molecule has 7 heteroatoms. The first-order chi connectivity index (χ1) is 13.5. The summed E-state index contributed by atoms with van der Waals surface area (Å²) in [4.78, 5) is 23.8. The molecule has 3 aliphatic rings. The molecular formula is C21H23FN4O2. The van der Waals surface area contributed by atoms with E-state index in [0.29, 0.717) is 17.4 Å². The summed E-state index contributed by atoms with van der Waals surface area (Å²) < 4.78 is 18.9. The monoisotopic (exact) mass is 382 g/mol. The van der Waals surface area contributed by atoms with Gasteiger partial charge in [-0.2, -0.15) is 0 Å². The molecule has 2 fully saturated rings. The van der Waals surface area contributed by atoms with Crippen molar-refractivity contribution in [3.05, 3.63) is 42.1 Å². The Kier molecular flexibility index (Phi) is 4.00. The SMILES string of the molecule is C[C@]12CCCN1c1nc(CC3CC(Oc4ccc(F)cc4)C3)ncc1NC2=O. The molecule has 0 spiro atoms. The lowest BCUT2D eigenvalue weighted by Gasteiger charge is -2.40. The molecule has 1 saturated heterocycles. The van der Waals surface area contributed by atoms with Gasteiger partial charge in [0.15, 0.2) is 5.82 Å². The van der Waals surface area contributed by atoms with Crippen LogP contribution in [0.3, 0.4) is 0 Å². The molecule has 0 radical (unpaired) electrons. The normalized spacial score (nSPS) is 28.2. The number of hydrogen-bond acceptors (Lipinski definition) is 5. The lowest BCUT2D eigenvalue weighted by atomic mass is 9.80. The van der Waals surface area contributed by atoms with Gasteiger partial charge in [-0.05, 0) is 62.8 Å². The van der Waals surface area contributed by atoms with Crippen LogP contribution in [0.5, 0.6) is 5.75 Å². The molecule has 1 aromatic heterocycles. The van der Waals surface area contributed by atoms with E-state index in [1.807, 2.05) is 6.92 Å². The maximum atomic E-state index is 13.0. The zero-order valence-electron chi connectivity index (χ0n) is 15.8. The summed E-state index contributed by atoms with van der Waals surface area (Å²) in [6, 6.07) is 6.15. The summed E-state index contributed by atoms with van der Waals surface area (Å²) in [5.74, 6) is 2.63.